The van der Waals surface area contributed by atoms with E-state index in [1.807, 2.05) is 36.4 Å². The normalized spacial score (nSPS) is 14.8. The Bertz CT molecular complexity index is 1330. The van der Waals surface area contributed by atoms with Gasteiger partial charge < -0.3 is 14.8 Å². The molecule has 35 heavy (non-hydrogen) atoms. The number of benzene rings is 3. The van der Waals surface area contributed by atoms with E-state index in [2.05, 4.69) is 5.32 Å². The van der Waals surface area contributed by atoms with E-state index in [1.54, 1.807) is 6.07 Å². The number of rotatable bonds is 7. The highest BCUT2D eigenvalue weighted by Crippen LogP contribution is 2.30. The molecule has 0 saturated carbocycles. The Labute approximate surface area is 204 Å². The number of fused-ring (bicyclic) bond motifs is 1. The van der Waals surface area contributed by atoms with Crippen LogP contribution in [0.5, 0.6) is 5.75 Å². The van der Waals surface area contributed by atoms with E-state index in [4.69, 9.17) is 9.47 Å². The summed E-state index contributed by atoms with van der Waals surface area (Å²) < 4.78 is 38.5. The van der Waals surface area contributed by atoms with Crippen molar-refractivity contribution in [3.63, 3.8) is 0 Å². The smallest absolute Gasteiger partial charge is 0.338 e. The minimum absolute atomic E-state index is 0.0251. The Morgan fingerprint density at radius 1 is 0.943 bits per heavy atom. The summed E-state index contributed by atoms with van der Waals surface area (Å²) in [7, 11) is -2.47. The minimum Gasteiger partial charge on any atom is -0.495 e. The van der Waals surface area contributed by atoms with E-state index >= 15 is 0 Å². The fourth-order valence-electron chi connectivity index (χ4n) is 4.16. The van der Waals surface area contributed by atoms with Crippen LogP contribution < -0.4 is 10.1 Å². The van der Waals surface area contributed by atoms with Gasteiger partial charge >= 0.3 is 5.97 Å². The van der Waals surface area contributed by atoms with Crippen molar-refractivity contribution in [2.75, 3.05) is 32.1 Å². The average Bonchev–Trinajstić information content (AvgIpc) is 3.17. The maximum Gasteiger partial charge on any atom is 0.338 e. The van der Waals surface area contributed by atoms with Gasteiger partial charge in [0.05, 0.1) is 12.7 Å². The molecular weight excluding hydrogens is 468 g/mol. The molecule has 0 unspecified atom stereocenters. The van der Waals surface area contributed by atoms with Gasteiger partial charge in [-0.05, 0) is 42.5 Å². The van der Waals surface area contributed by atoms with Crippen molar-refractivity contribution in [2.24, 2.45) is 0 Å². The SMILES string of the molecule is COc1ccc(C(=O)OCC(=O)Nc2cccc3ccccc23)cc1S(=O)(=O)N1CCCCCC1. The molecule has 4 rings (SSSR count). The Morgan fingerprint density at radius 2 is 1.66 bits per heavy atom. The fraction of sp³-hybridized carbons (Fsp3) is 0.308. The number of sulfonamides is 1. The molecule has 3 aromatic rings. The lowest BCUT2D eigenvalue weighted by Crippen LogP contribution is -2.32. The van der Waals surface area contributed by atoms with Gasteiger partial charge in [0.1, 0.15) is 10.6 Å². The maximum absolute atomic E-state index is 13.3. The molecule has 0 aromatic heterocycles. The third-order valence-electron chi connectivity index (χ3n) is 5.98. The van der Waals surface area contributed by atoms with Gasteiger partial charge in [-0.15, -0.1) is 0 Å². The third-order valence-corrected chi connectivity index (χ3v) is 7.90. The summed E-state index contributed by atoms with van der Waals surface area (Å²) in [5.41, 5.74) is 0.636. The first-order valence-corrected chi connectivity index (χ1v) is 13.0. The molecule has 1 N–H and O–H groups in total. The van der Waals surface area contributed by atoms with Gasteiger partial charge in [-0.1, -0.05) is 49.2 Å². The van der Waals surface area contributed by atoms with E-state index in [-0.39, 0.29) is 16.2 Å². The second-order valence-corrected chi connectivity index (χ2v) is 10.2. The van der Waals surface area contributed by atoms with Gasteiger partial charge in [0, 0.05) is 24.2 Å². The minimum atomic E-state index is -3.86. The number of nitrogens with zero attached hydrogens (tertiary/aromatic N) is 1. The monoisotopic (exact) mass is 496 g/mol. The van der Waals surface area contributed by atoms with Gasteiger partial charge in [0.25, 0.3) is 5.91 Å². The number of methoxy groups -OCH3 is 1. The molecule has 1 amide bonds. The molecule has 0 bridgehead atoms. The Kier molecular flexibility index (Phi) is 7.67. The number of hydrogen-bond donors (Lipinski definition) is 1. The van der Waals surface area contributed by atoms with E-state index in [1.165, 1.54) is 29.6 Å². The molecule has 1 fully saturated rings. The quantitative estimate of drug-likeness (QED) is 0.492. The molecular formula is C26H28N2O6S. The van der Waals surface area contributed by atoms with Crippen LogP contribution in [0.1, 0.15) is 36.0 Å². The zero-order valence-corrected chi connectivity index (χ0v) is 20.3. The van der Waals surface area contributed by atoms with E-state index in [0.717, 1.165) is 36.5 Å². The summed E-state index contributed by atoms with van der Waals surface area (Å²) in [5.74, 6) is -1.15. The molecule has 0 radical (unpaired) electrons. The topological polar surface area (TPSA) is 102 Å². The predicted octanol–water partition coefficient (Wildman–Crippen LogP) is 4.21. The first kappa shape index (κ1) is 24.7. The van der Waals surface area contributed by atoms with Gasteiger partial charge in [0.2, 0.25) is 10.0 Å². The van der Waals surface area contributed by atoms with Crippen LogP contribution in [0.3, 0.4) is 0 Å². The summed E-state index contributed by atoms with van der Waals surface area (Å²) in [6.45, 7) is 0.339. The number of anilines is 1. The molecule has 0 aliphatic carbocycles. The fourth-order valence-corrected chi connectivity index (χ4v) is 5.86. The Balaban J connectivity index is 1.47. The number of carbonyl (C=O) groups is 2. The number of nitrogens with one attached hydrogen (secondary N) is 1. The Morgan fingerprint density at radius 3 is 2.40 bits per heavy atom. The van der Waals surface area contributed by atoms with Crippen molar-refractivity contribution >= 4 is 38.4 Å². The summed E-state index contributed by atoms with van der Waals surface area (Å²) in [4.78, 5) is 25.0. The van der Waals surface area contributed by atoms with Crippen LogP contribution in [-0.4, -0.2) is 51.4 Å². The van der Waals surface area contributed by atoms with Gasteiger partial charge in [-0.3, -0.25) is 4.79 Å². The molecule has 1 saturated heterocycles. The maximum atomic E-state index is 13.3. The number of hydrogen-bond acceptors (Lipinski definition) is 6. The first-order chi connectivity index (χ1) is 16.9. The highest BCUT2D eigenvalue weighted by molar-refractivity contribution is 7.89. The lowest BCUT2D eigenvalue weighted by molar-refractivity contribution is -0.119. The summed E-state index contributed by atoms with van der Waals surface area (Å²) in [5, 5.41) is 4.60. The average molecular weight is 497 g/mol. The van der Waals surface area contributed by atoms with Crippen LogP contribution in [0.4, 0.5) is 5.69 Å². The van der Waals surface area contributed by atoms with E-state index in [0.29, 0.717) is 18.8 Å². The van der Waals surface area contributed by atoms with Crippen molar-refractivity contribution < 1.29 is 27.5 Å². The number of ether oxygens (including phenoxy) is 2. The molecule has 1 aliphatic rings. The second-order valence-electron chi connectivity index (χ2n) is 8.33. The first-order valence-electron chi connectivity index (χ1n) is 11.5. The second kappa shape index (κ2) is 10.9. The zero-order chi connectivity index (χ0) is 24.8. The number of carbonyl (C=O) groups excluding carboxylic acids is 2. The van der Waals surface area contributed by atoms with E-state index in [9.17, 15) is 18.0 Å². The summed E-state index contributed by atoms with van der Waals surface area (Å²) >= 11 is 0. The highest BCUT2D eigenvalue weighted by Gasteiger charge is 2.29. The number of esters is 1. The van der Waals surface area contributed by atoms with Crippen molar-refractivity contribution in [3.8, 4) is 5.75 Å². The standard InChI is InChI=1S/C26H28N2O6S/c1-33-23-14-13-20(17-24(23)35(31,32)28-15-6-2-3-7-16-28)26(30)34-18-25(29)27-22-12-8-10-19-9-4-5-11-21(19)22/h4-5,8-14,17H,2-3,6-7,15-16,18H2,1H3,(H,27,29). The van der Waals surface area contributed by atoms with Crippen LogP contribution >= 0.6 is 0 Å². The number of amides is 1. The summed E-state index contributed by atoms with van der Waals surface area (Å²) in [6, 6.07) is 17.2. The van der Waals surface area contributed by atoms with Crippen molar-refractivity contribution in [1.82, 2.24) is 4.31 Å². The van der Waals surface area contributed by atoms with Crippen molar-refractivity contribution in [1.29, 1.82) is 0 Å². The molecule has 0 atom stereocenters. The van der Waals surface area contributed by atoms with Crippen LogP contribution in [0.25, 0.3) is 10.8 Å². The molecule has 9 heteroatoms. The molecule has 1 aliphatic heterocycles. The largest absolute Gasteiger partial charge is 0.495 e. The lowest BCUT2D eigenvalue weighted by Gasteiger charge is -2.21. The zero-order valence-electron chi connectivity index (χ0n) is 19.5. The van der Waals surface area contributed by atoms with Crippen LogP contribution in [0.2, 0.25) is 0 Å². The Hall–Kier alpha value is -3.43. The van der Waals surface area contributed by atoms with E-state index < -0.39 is 28.5 Å². The molecule has 0 spiro atoms. The van der Waals surface area contributed by atoms with Gasteiger partial charge in [-0.2, -0.15) is 4.31 Å². The van der Waals surface area contributed by atoms with Gasteiger partial charge in [0.15, 0.2) is 6.61 Å². The highest BCUT2D eigenvalue weighted by atomic mass is 32.2. The van der Waals surface area contributed by atoms with Crippen LogP contribution in [0.15, 0.2) is 65.6 Å². The van der Waals surface area contributed by atoms with Crippen molar-refractivity contribution in [2.45, 2.75) is 30.6 Å². The summed E-state index contributed by atoms with van der Waals surface area (Å²) in [6.07, 6.45) is 3.54. The lowest BCUT2D eigenvalue weighted by atomic mass is 10.1. The molecule has 3 aromatic carbocycles. The predicted molar refractivity (Wildman–Crippen MR) is 133 cm³/mol. The third kappa shape index (κ3) is 5.63. The van der Waals surface area contributed by atoms with Gasteiger partial charge in [-0.25, -0.2) is 13.2 Å². The van der Waals surface area contributed by atoms with Crippen molar-refractivity contribution in [3.05, 3.63) is 66.2 Å². The molecule has 1 heterocycles. The molecule has 184 valence electrons. The van der Waals surface area contributed by atoms with Crippen LogP contribution in [0, 0.1) is 0 Å². The molecule has 8 nitrogen and oxygen atoms in total. The van der Waals surface area contributed by atoms with Crippen LogP contribution in [-0.2, 0) is 19.6 Å².